The Morgan fingerprint density at radius 2 is 1.89 bits per heavy atom. The average Bonchev–Trinajstić information content (AvgIpc) is 3.25. The average molecular weight is 360 g/mol. The van der Waals surface area contributed by atoms with Gasteiger partial charge in [-0.2, -0.15) is 0 Å². The molecule has 0 atom stereocenters. The van der Waals surface area contributed by atoms with E-state index in [1.54, 1.807) is 55.5 Å². The molecule has 1 aromatic heterocycles. The van der Waals surface area contributed by atoms with E-state index in [0.717, 1.165) is 11.1 Å². The molecule has 0 fully saturated rings. The van der Waals surface area contributed by atoms with Gasteiger partial charge in [-0.1, -0.05) is 24.3 Å². The van der Waals surface area contributed by atoms with E-state index in [9.17, 15) is 14.4 Å². The third kappa shape index (κ3) is 3.25. The zero-order valence-electron chi connectivity index (χ0n) is 14.5. The summed E-state index contributed by atoms with van der Waals surface area (Å²) in [4.78, 5) is 36.6. The van der Waals surface area contributed by atoms with Crippen molar-refractivity contribution >= 4 is 29.0 Å². The van der Waals surface area contributed by atoms with Gasteiger partial charge in [0.05, 0.1) is 12.7 Å². The van der Waals surface area contributed by atoms with E-state index in [-0.39, 0.29) is 23.4 Å². The third-order valence-corrected chi connectivity index (χ3v) is 4.45. The molecule has 0 radical (unpaired) electrons. The fourth-order valence-corrected chi connectivity index (χ4v) is 3.05. The normalized spacial score (nSPS) is 12.4. The minimum Gasteiger partial charge on any atom is -0.459 e. The van der Waals surface area contributed by atoms with Crippen molar-refractivity contribution in [3.8, 4) is 0 Å². The summed E-state index contributed by atoms with van der Waals surface area (Å²) in [6.45, 7) is 1.78. The summed E-state index contributed by atoms with van der Waals surface area (Å²) in [5, 5.41) is 5.48. The molecule has 0 unspecified atom stereocenters. The quantitative estimate of drug-likeness (QED) is 0.696. The number of fused-ring (bicyclic) bond motifs is 1. The minimum atomic E-state index is -0.373. The first-order valence-corrected chi connectivity index (χ1v) is 8.44. The zero-order valence-corrected chi connectivity index (χ0v) is 14.5. The highest BCUT2D eigenvalue weighted by Gasteiger charge is 2.20. The van der Waals surface area contributed by atoms with Crippen LogP contribution < -0.4 is 10.6 Å². The SMILES string of the molecule is Cc1ccoc1C(=O)Nc1cccc(C(=O)c2ccc3c(c2)NC(=O)C3)c1. The number of carbonyl (C=O) groups is 3. The predicted octanol–water partition coefficient (Wildman–Crippen LogP) is 3.57. The molecule has 4 rings (SSSR count). The predicted molar refractivity (Wildman–Crippen MR) is 100 cm³/mol. The molecule has 0 saturated heterocycles. The van der Waals surface area contributed by atoms with E-state index in [1.807, 2.05) is 0 Å². The number of hydrogen-bond donors (Lipinski definition) is 2. The van der Waals surface area contributed by atoms with E-state index < -0.39 is 0 Å². The smallest absolute Gasteiger partial charge is 0.291 e. The lowest BCUT2D eigenvalue weighted by Gasteiger charge is -2.08. The van der Waals surface area contributed by atoms with E-state index in [2.05, 4.69) is 10.6 Å². The molecule has 2 heterocycles. The topological polar surface area (TPSA) is 88.4 Å². The summed E-state index contributed by atoms with van der Waals surface area (Å²) in [6, 6.07) is 13.6. The molecule has 0 bridgehead atoms. The van der Waals surface area contributed by atoms with Crippen LogP contribution in [0.3, 0.4) is 0 Å². The maximum atomic E-state index is 12.8. The second kappa shape index (κ2) is 6.57. The van der Waals surface area contributed by atoms with Crippen LogP contribution in [0.25, 0.3) is 0 Å². The van der Waals surface area contributed by atoms with E-state index in [0.29, 0.717) is 28.9 Å². The van der Waals surface area contributed by atoms with Crippen LogP contribution in [0.2, 0.25) is 0 Å². The molecule has 6 nitrogen and oxygen atoms in total. The standard InChI is InChI=1S/C21H16N2O4/c1-12-7-8-27-20(12)21(26)22-16-4-2-3-14(9-16)19(25)15-6-5-13-11-18(24)23-17(13)10-15/h2-10H,11H2,1H3,(H,22,26)(H,23,24). The van der Waals surface area contributed by atoms with Crippen molar-refractivity contribution in [3.63, 3.8) is 0 Å². The Labute approximate surface area is 155 Å². The summed E-state index contributed by atoms with van der Waals surface area (Å²) < 4.78 is 5.18. The number of aryl methyl sites for hydroxylation is 1. The minimum absolute atomic E-state index is 0.0764. The van der Waals surface area contributed by atoms with Gasteiger partial charge < -0.3 is 15.1 Å². The Bertz CT molecular complexity index is 1080. The van der Waals surface area contributed by atoms with Crippen LogP contribution in [0.1, 0.15) is 37.6 Å². The molecule has 0 aliphatic carbocycles. The van der Waals surface area contributed by atoms with Gasteiger partial charge in [0.2, 0.25) is 5.91 Å². The number of furan rings is 1. The van der Waals surface area contributed by atoms with Crippen LogP contribution in [0, 0.1) is 6.92 Å². The van der Waals surface area contributed by atoms with E-state index in [1.165, 1.54) is 6.26 Å². The zero-order chi connectivity index (χ0) is 19.0. The van der Waals surface area contributed by atoms with Crippen LogP contribution >= 0.6 is 0 Å². The van der Waals surface area contributed by atoms with E-state index >= 15 is 0 Å². The molecule has 1 aliphatic rings. The highest BCUT2D eigenvalue weighted by molar-refractivity contribution is 6.11. The first-order valence-electron chi connectivity index (χ1n) is 8.44. The molecular weight excluding hydrogens is 344 g/mol. The maximum absolute atomic E-state index is 12.8. The molecule has 27 heavy (non-hydrogen) atoms. The molecule has 0 saturated carbocycles. The second-order valence-corrected chi connectivity index (χ2v) is 6.39. The van der Waals surface area contributed by atoms with Crippen LogP contribution in [0.15, 0.2) is 59.2 Å². The van der Waals surface area contributed by atoms with Crippen molar-refractivity contribution in [2.75, 3.05) is 10.6 Å². The number of ketones is 1. The van der Waals surface area contributed by atoms with Gasteiger partial charge in [-0.3, -0.25) is 14.4 Å². The lowest BCUT2D eigenvalue weighted by Crippen LogP contribution is -2.12. The number of carbonyl (C=O) groups excluding carboxylic acids is 3. The van der Waals surface area contributed by atoms with Gasteiger partial charge in [-0.05, 0) is 36.8 Å². The summed E-state index contributed by atoms with van der Waals surface area (Å²) in [7, 11) is 0. The van der Waals surface area contributed by atoms with Crippen LogP contribution in [0.5, 0.6) is 0 Å². The van der Waals surface area contributed by atoms with Gasteiger partial charge in [0.1, 0.15) is 0 Å². The van der Waals surface area contributed by atoms with Crippen molar-refractivity contribution < 1.29 is 18.8 Å². The molecule has 6 heteroatoms. The molecule has 134 valence electrons. The Morgan fingerprint density at radius 1 is 1.07 bits per heavy atom. The van der Waals surface area contributed by atoms with Crippen LogP contribution in [0.4, 0.5) is 11.4 Å². The van der Waals surface area contributed by atoms with Gasteiger partial charge in [-0.25, -0.2) is 0 Å². The van der Waals surface area contributed by atoms with Gasteiger partial charge in [0.15, 0.2) is 11.5 Å². The van der Waals surface area contributed by atoms with Gasteiger partial charge in [0, 0.05) is 28.1 Å². The number of nitrogens with one attached hydrogen (secondary N) is 2. The highest BCUT2D eigenvalue weighted by atomic mass is 16.3. The van der Waals surface area contributed by atoms with Gasteiger partial charge in [0.25, 0.3) is 5.91 Å². The van der Waals surface area contributed by atoms with Crippen molar-refractivity contribution in [1.82, 2.24) is 0 Å². The Kier molecular flexibility index (Phi) is 4.08. The first kappa shape index (κ1) is 16.8. The Morgan fingerprint density at radius 3 is 2.67 bits per heavy atom. The van der Waals surface area contributed by atoms with Crippen LogP contribution in [-0.4, -0.2) is 17.6 Å². The number of hydrogen-bond acceptors (Lipinski definition) is 4. The van der Waals surface area contributed by atoms with E-state index in [4.69, 9.17) is 4.42 Å². The van der Waals surface area contributed by atoms with Crippen molar-refractivity contribution in [2.45, 2.75) is 13.3 Å². The summed E-state index contributed by atoms with van der Waals surface area (Å²) >= 11 is 0. The molecular formula is C21H16N2O4. The summed E-state index contributed by atoms with van der Waals surface area (Å²) in [6.07, 6.45) is 1.79. The van der Waals surface area contributed by atoms with Crippen molar-refractivity contribution in [2.24, 2.45) is 0 Å². The maximum Gasteiger partial charge on any atom is 0.291 e. The van der Waals surface area contributed by atoms with Crippen molar-refractivity contribution in [3.05, 3.63) is 82.8 Å². The fraction of sp³-hybridized carbons (Fsp3) is 0.0952. The highest BCUT2D eigenvalue weighted by Crippen LogP contribution is 2.26. The number of amides is 2. The molecule has 1 aliphatic heterocycles. The molecule has 2 N–H and O–H groups in total. The largest absolute Gasteiger partial charge is 0.459 e. The first-order chi connectivity index (χ1) is 13.0. The lowest BCUT2D eigenvalue weighted by atomic mass is 10.0. The molecule has 2 amide bonds. The summed E-state index contributed by atoms with van der Waals surface area (Å²) in [5.41, 5.74) is 3.69. The molecule has 3 aromatic rings. The Hall–Kier alpha value is -3.67. The number of anilines is 2. The third-order valence-electron chi connectivity index (χ3n) is 4.45. The monoisotopic (exact) mass is 360 g/mol. The second-order valence-electron chi connectivity index (χ2n) is 6.39. The number of benzene rings is 2. The Balaban J connectivity index is 1.56. The summed E-state index contributed by atoms with van der Waals surface area (Å²) in [5.74, 6) is -0.403. The molecule has 0 spiro atoms. The number of rotatable bonds is 4. The fourth-order valence-electron chi connectivity index (χ4n) is 3.05. The van der Waals surface area contributed by atoms with Gasteiger partial charge in [-0.15, -0.1) is 0 Å². The van der Waals surface area contributed by atoms with Gasteiger partial charge >= 0.3 is 0 Å². The molecule has 2 aromatic carbocycles. The van der Waals surface area contributed by atoms with Crippen molar-refractivity contribution in [1.29, 1.82) is 0 Å². The van der Waals surface area contributed by atoms with Crippen LogP contribution in [-0.2, 0) is 11.2 Å². The lowest BCUT2D eigenvalue weighted by molar-refractivity contribution is -0.115.